The molecule has 1 aliphatic rings. The Morgan fingerprint density at radius 3 is 2.78 bits per heavy atom. The molecule has 3 heterocycles. The van der Waals surface area contributed by atoms with Crippen LogP contribution in [0.3, 0.4) is 0 Å². The number of nitrogens with zero attached hydrogens (tertiary/aromatic N) is 3. The summed E-state index contributed by atoms with van der Waals surface area (Å²) < 4.78 is 0. The Kier molecular flexibility index (Phi) is 4.93. The van der Waals surface area contributed by atoms with Crippen LogP contribution in [0, 0.1) is 0 Å². The summed E-state index contributed by atoms with van der Waals surface area (Å²) in [6, 6.07) is 10.4. The van der Waals surface area contributed by atoms with Gasteiger partial charge in [-0.2, -0.15) is 0 Å². The molecule has 2 aromatic rings. The average molecular weight is 329 g/mol. The van der Waals surface area contributed by atoms with Gasteiger partial charge in [-0.15, -0.1) is 0 Å². The van der Waals surface area contributed by atoms with Crippen LogP contribution in [0.2, 0.25) is 0 Å². The van der Waals surface area contributed by atoms with Gasteiger partial charge in [0, 0.05) is 24.6 Å². The Bertz CT molecular complexity index is 626. The van der Waals surface area contributed by atoms with E-state index < -0.39 is 0 Å². The van der Waals surface area contributed by atoms with Crippen LogP contribution in [0.5, 0.6) is 0 Å². The highest BCUT2D eigenvalue weighted by Crippen LogP contribution is 2.37. The predicted octanol–water partition coefficient (Wildman–Crippen LogP) is 2.33. The molecule has 2 aromatic heterocycles. The Balaban J connectivity index is 1.85. The van der Waals surface area contributed by atoms with E-state index in [2.05, 4.69) is 51.3 Å². The molecule has 0 bridgehead atoms. The third kappa shape index (κ3) is 3.54. The molecule has 1 aliphatic heterocycles. The maximum atomic E-state index is 5.61. The van der Waals surface area contributed by atoms with E-state index in [9.17, 15) is 0 Å². The maximum Gasteiger partial charge on any atom is 0.170 e. The number of thiocarbonyl (C=S) groups is 1. The molecular weight excluding hydrogens is 306 g/mol. The Morgan fingerprint density at radius 1 is 1.26 bits per heavy atom. The van der Waals surface area contributed by atoms with E-state index in [0.29, 0.717) is 0 Å². The number of hydrogen-bond donors (Lipinski definition) is 2. The van der Waals surface area contributed by atoms with E-state index in [1.807, 2.05) is 30.6 Å². The van der Waals surface area contributed by atoms with Gasteiger partial charge in [-0.25, -0.2) is 0 Å². The van der Waals surface area contributed by atoms with Crippen molar-refractivity contribution in [1.82, 2.24) is 25.1 Å². The summed E-state index contributed by atoms with van der Waals surface area (Å²) in [6.45, 7) is 1.97. The molecule has 1 fully saturated rings. The topological polar surface area (TPSA) is 47.2 Å². The van der Waals surface area contributed by atoms with Gasteiger partial charge in [-0.3, -0.25) is 4.98 Å². The smallest absolute Gasteiger partial charge is 0.170 e. The molecule has 23 heavy (non-hydrogen) atoms. The molecule has 122 valence electrons. The van der Waals surface area contributed by atoms with Crippen molar-refractivity contribution in [3.8, 4) is 0 Å². The van der Waals surface area contributed by atoms with Crippen molar-refractivity contribution >= 4 is 17.3 Å². The molecular formula is C17H23N5S. The number of nitrogens with one attached hydrogen (secondary N) is 2. The predicted molar refractivity (Wildman–Crippen MR) is 96.1 cm³/mol. The molecule has 3 rings (SSSR count). The number of H-pyrrole nitrogens is 1. The molecule has 1 saturated heterocycles. The fourth-order valence-corrected chi connectivity index (χ4v) is 3.40. The van der Waals surface area contributed by atoms with E-state index in [1.165, 1.54) is 0 Å². The zero-order valence-corrected chi connectivity index (χ0v) is 14.4. The third-order valence-corrected chi connectivity index (χ3v) is 4.50. The molecule has 0 spiro atoms. The summed E-state index contributed by atoms with van der Waals surface area (Å²) in [5, 5.41) is 4.26. The van der Waals surface area contributed by atoms with Crippen molar-refractivity contribution in [2.75, 3.05) is 27.2 Å². The lowest BCUT2D eigenvalue weighted by molar-refractivity contribution is 0.289. The highest BCUT2D eigenvalue weighted by atomic mass is 32.1. The first kappa shape index (κ1) is 16.0. The second-order valence-electron chi connectivity index (χ2n) is 6.10. The number of aromatic nitrogens is 2. The van der Waals surface area contributed by atoms with Gasteiger partial charge in [0.2, 0.25) is 0 Å². The summed E-state index contributed by atoms with van der Waals surface area (Å²) >= 11 is 5.61. The fraction of sp³-hybridized carbons (Fsp3) is 0.412. The monoisotopic (exact) mass is 329 g/mol. The molecule has 0 aliphatic carbocycles. The summed E-state index contributed by atoms with van der Waals surface area (Å²) in [5.41, 5.74) is 2.18. The zero-order valence-electron chi connectivity index (χ0n) is 13.6. The van der Waals surface area contributed by atoms with Gasteiger partial charge in [0.25, 0.3) is 0 Å². The van der Waals surface area contributed by atoms with Crippen molar-refractivity contribution < 1.29 is 0 Å². The SMILES string of the molecule is CN(C)CCCN1C(=S)N[C@@H](c2ccccn2)[C@H]1c1ccc[nH]1. The standard InChI is InChI=1S/C17H23N5S/c1-21(2)11-6-12-22-16(14-8-5-10-19-14)15(20-17(22)23)13-7-3-4-9-18-13/h3-5,7-10,15-16,19H,6,11-12H2,1-2H3,(H,20,23)/t15-,16+/m0/s1. The summed E-state index contributed by atoms with van der Waals surface area (Å²) in [7, 11) is 4.19. The number of hydrogen-bond acceptors (Lipinski definition) is 3. The van der Waals surface area contributed by atoms with Crippen molar-refractivity contribution in [3.05, 3.63) is 54.1 Å². The molecule has 6 heteroatoms. The van der Waals surface area contributed by atoms with Crippen molar-refractivity contribution in [2.45, 2.75) is 18.5 Å². The summed E-state index contributed by atoms with van der Waals surface area (Å²) in [5.74, 6) is 0. The van der Waals surface area contributed by atoms with E-state index in [1.54, 1.807) is 0 Å². The van der Waals surface area contributed by atoms with Crippen LogP contribution in [0.1, 0.15) is 29.9 Å². The Labute approximate surface area is 142 Å². The third-order valence-electron chi connectivity index (χ3n) is 4.14. The Morgan fingerprint density at radius 2 is 2.13 bits per heavy atom. The van der Waals surface area contributed by atoms with Crippen LogP contribution in [-0.4, -0.2) is 52.1 Å². The minimum atomic E-state index is 0.0710. The lowest BCUT2D eigenvalue weighted by atomic mass is 10.0. The average Bonchev–Trinajstić information content (AvgIpc) is 3.16. The van der Waals surface area contributed by atoms with Crippen molar-refractivity contribution in [3.63, 3.8) is 0 Å². The van der Waals surface area contributed by atoms with Gasteiger partial charge in [-0.05, 0) is 63.5 Å². The van der Waals surface area contributed by atoms with Crippen LogP contribution in [0.25, 0.3) is 0 Å². The first-order valence-electron chi connectivity index (χ1n) is 7.93. The highest BCUT2D eigenvalue weighted by Gasteiger charge is 2.39. The lowest BCUT2D eigenvalue weighted by Gasteiger charge is -2.27. The van der Waals surface area contributed by atoms with Crippen molar-refractivity contribution in [2.24, 2.45) is 0 Å². The van der Waals surface area contributed by atoms with E-state index >= 15 is 0 Å². The maximum absolute atomic E-state index is 5.61. The second-order valence-corrected chi connectivity index (χ2v) is 6.49. The summed E-state index contributed by atoms with van der Waals surface area (Å²) in [6.07, 6.45) is 4.87. The van der Waals surface area contributed by atoms with Crippen LogP contribution in [-0.2, 0) is 0 Å². The quantitative estimate of drug-likeness (QED) is 0.797. The zero-order chi connectivity index (χ0) is 16.2. The lowest BCUT2D eigenvalue weighted by Crippen LogP contribution is -2.32. The second kappa shape index (κ2) is 7.10. The number of pyridine rings is 1. The van der Waals surface area contributed by atoms with Crippen molar-refractivity contribution in [1.29, 1.82) is 0 Å². The highest BCUT2D eigenvalue weighted by molar-refractivity contribution is 7.80. The Hall–Kier alpha value is -1.92. The van der Waals surface area contributed by atoms with Gasteiger partial charge in [0.1, 0.15) is 0 Å². The van der Waals surface area contributed by atoms with Gasteiger partial charge in [0.05, 0.1) is 17.8 Å². The summed E-state index contributed by atoms with van der Waals surface area (Å²) in [4.78, 5) is 12.4. The van der Waals surface area contributed by atoms with Crippen LogP contribution in [0.4, 0.5) is 0 Å². The molecule has 2 atom stereocenters. The largest absolute Gasteiger partial charge is 0.363 e. The minimum absolute atomic E-state index is 0.0710. The van der Waals surface area contributed by atoms with Gasteiger partial charge >= 0.3 is 0 Å². The molecule has 0 unspecified atom stereocenters. The molecule has 2 N–H and O–H groups in total. The number of aromatic amines is 1. The van der Waals surface area contributed by atoms with Gasteiger partial charge in [-0.1, -0.05) is 6.07 Å². The first-order valence-corrected chi connectivity index (χ1v) is 8.33. The molecule has 0 aromatic carbocycles. The van der Waals surface area contributed by atoms with Gasteiger partial charge in [0.15, 0.2) is 5.11 Å². The van der Waals surface area contributed by atoms with E-state index in [-0.39, 0.29) is 12.1 Å². The molecule has 0 amide bonds. The normalized spacial score (nSPS) is 21.0. The molecule has 0 saturated carbocycles. The van der Waals surface area contributed by atoms with Gasteiger partial charge < -0.3 is 20.1 Å². The first-order chi connectivity index (χ1) is 11.2. The number of rotatable bonds is 6. The minimum Gasteiger partial charge on any atom is -0.363 e. The van der Waals surface area contributed by atoms with E-state index in [0.717, 1.165) is 36.0 Å². The van der Waals surface area contributed by atoms with Crippen LogP contribution < -0.4 is 5.32 Å². The molecule has 0 radical (unpaired) electrons. The van der Waals surface area contributed by atoms with E-state index in [4.69, 9.17) is 12.2 Å². The molecule has 5 nitrogen and oxygen atoms in total. The van der Waals surface area contributed by atoms with Crippen LogP contribution >= 0.6 is 12.2 Å². The van der Waals surface area contributed by atoms with Crippen LogP contribution in [0.15, 0.2) is 42.7 Å². The fourth-order valence-electron chi connectivity index (χ4n) is 3.07.